The van der Waals surface area contributed by atoms with Gasteiger partial charge in [-0.3, -0.25) is 0 Å². The van der Waals surface area contributed by atoms with Crippen LogP contribution in [0.1, 0.15) is 34.7 Å². The Hall–Kier alpha value is -0.710. The highest BCUT2D eigenvalue weighted by Crippen LogP contribution is 2.34. The largest absolute Gasteiger partial charge is 0.306 e. The van der Waals surface area contributed by atoms with E-state index < -0.39 is 0 Å². The number of nitrogens with one attached hydrogen (secondary N) is 1. The summed E-state index contributed by atoms with van der Waals surface area (Å²) in [7, 11) is 0. The maximum absolute atomic E-state index is 14.0. The molecule has 0 bridgehead atoms. The Morgan fingerprint density at radius 1 is 1.37 bits per heavy atom. The van der Waals surface area contributed by atoms with Gasteiger partial charge in [-0.2, -0.15) is 0 Å². The summed E-state index contributed by atoms with van der Waals surface area (Å²) in [4.78, 5) is 2.36. The van der Waals surface area contributed by atoms with Gasteiger partial charge < -0.3 is 5.32 Å². The fraction of sp³-hybridized carbons (Fsp3) is 0.333. The number of rotatable bonds is 5. The molecule has 1 unspecified atom stereocenters. The molecule has 2 rings (SSSR count). The topological polar surface area (TPSA) is 12.0 Å². The Morgan fingerprint density at radius 3 is 2.68 bits per heavy atom. The van der Waals surface area contributed by atoms with E-state index in [4.69, 9.17) is 0 Å². The van der Waals surface area contributed by atoms with E-state index in [1.807, 2.05) is 12.1 Å². The van der Waals surface area contributed by atoms with Crippen molar-refractivity contribution in [3.05, 3.63) is 55.9 Å². The molecule has 0 aliphatic carbocycles. The molecule has 1 heterocycles. The number of halogens is 2. The molecule has 1 nitrogen and oxygen atoms in total. The number of hydrogen-bond donors (Lipinski definition) is 1. The standard InChI is InChI=1S/C15H17BrFNS/c1-3-8-18-15(11-6-4-5-7-13(11)17)14-9-12(16)10(2)19-14/h4-7,9,15,18H,3,8H2,1-2H3. The second kappa shape index (κ2) is 6.64. The first-order chi connectivity index (χ1) is 9.13. The van der Waals surface area contributed by atoms with Gasteiger partial charge in [0.25, 0.3) is 0 Å². The minimum absolute atomic E-state index is 0.0730. The van der Waals surface area contributed by atoms with E-state index in [2.05, 4.69) is 41.2 Å². The Morgan fingerprint density at radius 2 is 2.11 bits per heavy atom. The molecule has 1 N–H and O–H groups in total. The van der Waals surface area contributed by atoms with Crippen LogP contribution in [0, 0.1) is 12.7 Å². The van der Waals surface area contributed by atoms with Crippen LogP contribution < -0.4 is 5.32 Å². The monoisotopic (exact) mass is 341 g/mol. The number of thiophene rings is 1. The summed E-state index contributed by atoms with van der Waals surface area (Å²) in [6.45, 7) is 5.05. The van der Waals surface area contributed by atoms with Crippen LogP contribution in [0.15, 0.2) is 34.8 Å². The zero-order chi connectivity index (χ0) is 13.8. The first kappa shape index (κ1) is 14.7. The van der Waals surface area contributed by atoms with E-state index in [1.165, 1.54) is 10.9 Å². The van der Waals surface area contributed by atoms with Crippen LogP contribution in [0.3, 0.4) is 0 Å². The molecule has 0 radical (unpaired) electrons. The average Bonchev–Trinajstić information content (AvgIpc) is 2.72. The van der Waals surface area contributed by atoms with E-state index in [9.17, 15) is 4.39 Å². The lowest BCUT2D eigenvalue weighted by Crippen LogP contribution is -2.23. The first-order valence-electron chi connectivity index (χ1n) is 6.37. The lowest BCUT2D eigenvalue weighted by Gasteiger charge is -2.18. The first-order valence-corrected chi connectivity index (χ1v) is 7.98. The summed E-state index contributed by atoms with van der Waals surface area (Å²) in [5, 5.41) is 3.43. The van der Waals surface area contributed by atoms with Crippen LogP contribution in [0.2, 0.25) is 0 Å². The molecule has 4 heteroatoms. The molecule has 0 saturated heterocycles. The molecule has 0 aliphatic rings. The van der Waals surface area contributed by atoms with Crippen molar-refractivity contribution in [2.45, 2.75) is 26.3 Å². The normalized spacial score (nSPS) is 12.6. The minimum atomic E-state index is -0.154. The van der Waals surface area contributed by atoms with E-state index in [0.29, 0.717) is 5.56 Å². The Bertz CT molecular complexity index is 533. The molecule has 102 valence electrons. The van der Waals surface area contributed by atoms with Gasteiger partial charge >= 0.3 is 0 Å². The number of aryl methyl sites for hydroxylation is 1. The fourth-order valence-electron chi connectivity index (χ4n) is 1.99. The van der Waals surface area contributed by atoms with E-state index in [-0.39, 0.29) is 11.9 Å². The molecule has 0 spiro atoms. The zero-order valence-electron chi connectivity index (χ0n) is 11.0. The molecule has 0 saturated carbocycles. The molecular weight excluding hydrogens is 325 g/mol. The van der Waals surface area contributed by atoms with Crippen molar-refractivity contribution < 1.29 is 4.39 Å². The van der Waals surface area contributed by atoms with Crippen molar-refractivity contribution in [1.29, 1.82) is 0 Å². The SMILES string of the molecule is CCCNC(c1cc(Br)c(C)s1)c1ccccc1F. The summed E-state index contributed by atoms with van der Waals surface area (Å²) in [6.07, 6.45) is 1.02. The summed E-state index contributed by atoms with van der Waals surface area (Å²) in [6, 6.07) is 8.99. The highest BCUT2D eigenvalue weighted by molar-refractivity contribution is 9.10. The summed E-state index contributed by atoms with van der Waals surface area (Å²) in [5.41, 5.74) is 0.713. The lowest BCUT2D eigenvalue weighted by molar-refractivity contribution is 0.551. The Labute approximate surface area is 126 Å². The number of hydrogen-bond acceptors (Lipinski definition) is 2. The lowest BCUT2D eigenvalue weighted by atomic mass is 10.0. The fourth-order valence-corrected chi connectivity index (χ4v) is 3.64. The third-order valence-electron chi connectivity index (χ3n) is 2.98. The summed E-state index contributed by atoms with van der Waals surface area (Å²) < 4.78 is 15.1. The quantitative estimate of drug-likeness (QED) is 0.802. The van der Waals surface area contributed by atoms with Crippen LogP contribution in [0.25, 0.3) is 0 Å². The molecule has 2 aromatic rings. The second-order valence-corrected chi connectivity index (χ2v) is 6.60. The van der Waals surface area contributed by atoms with Gasteiger partial charge in [0.2, 0.25) is 0 Å². The van der Waals surface area contributed by atoms with Gasteiger partial charge in [0.15, 0.2) is 0 Å². The Kier molecular flexibility index (Phi) is 5.13. The predicted molar refractivity (Wildman–Crippen MR) is 83.3 cm³/mol. The molecule has 0 fully saturated rings. The molecule has 1 aromatic carbocycles. The van der Waals surface area contributed by atoms with Gasteiger partial charge in [-0.05, 0) is 48.0 Å². The molecule has 19 heavy (non-hydrogen) atoms. The third-order valence-corrected chi connectivity index (χ3v) is 5.18. The van der Waals surface area contributed by atoms with Gasteiger partial charge in [0.05, 0.1) is 6.04 Å². The highest BCUT2D eigenvalue weighted by Gasteiger charge is 2.19. The van der Waals surface area contributed by atoms with Gasteiger partial charge in [-0.1, -0.05) is 25.1 Å². The summed E-state index contributed by atoms with van der Waals surface area (Å²) >= 11 is 5.23. The van der Waals surface area contributed by atoms with Crippen molar-refractivity contribution in [3.8, 4) is 0 Å². The van der Waals surface area contributed by atoms with Crippen molar-refractivity contribution >= 4 is 27.3 Å². The van der Waals surface area contributed by atoms with Gasteiger partial charge in [-0.15, -0.1) is 11.3 Å². The van der Waals surface area contributed by atoms with Crippen molar-refractivity contribution in [2.75, 3.05) is 6.54 Å². The summed E-state index contributed by atoms with van der Waals surface area (Å²) in [5.74, 6) is -0.154. The van der Waals surface area contributed by atoms with Crippen LogP contribution in [0.4, 0.5) is 4.39 Å². The maximum Gasteiger partial charge on any atom is 0.128 e. The predicted octanol–water partition coefficient (Wildman–Crippen LogP) is 5.05. The van der Waals surface area contributed by atoms with Crippen LogP contribution in [0.5, 0.6) is 0 Å². The van der Waals surface area contributed by atoms with Gasteiger partial charge in [-0.25, -0.2) is 4.39 Å². The second-order valence-electron chi connectivity index (χ2n) is 4.46. The Balaban J connectivity index is 2.38. The molecular formula is C15H17BrFNS. The van der Waals surface area contributed by atoms with Crippen molar-refractivity contribution in [2.24, 2.45) is 0 Å². The van der Waals surface area contributed by atoms with Crippen LogP contribution in [-0.2, 0) is 0 Å². The van der Waals surface area contributed by atoms with E-state index in [1.54, 1.807) is 17.4 Å². The molecule has 0 aliphatic heterocycles. The van der Waals surface area contributed by atoms with Crippen LogP contribution in [-0.4, -0.2) is 6.54 Å². The van der Waals surface area contributed by atoms with Gasteiger partial charge in [0.1, 0.15) is 5.82 Å². The van der Waals surface area contributed by atoms with E-state index in [0.717, 1.165) is 22.3 Å². The maximum atomic E-state index is 14.0. The smallest absolute Gasteiger partial charge is 0.128 e. The third kappa shape index (κ3) is 3.44. The highest BCUT2D eigenvalue weighted by atomic mass is 79.9. The molecule has 1 atom stereocenters. The van der Waals surface area contributed by atoms with Crippen LogP contribution >= 0.6 is 27.3 Å². The zero-order valence-corrected chi connectivity index (χ0v) is 13.4. The molecule has 0 amide bonds. The average molecular weight is 342 g/mol. The molecule has 1 aromatic heterocycles. The van der Waals surface area contributed by atoms with Crippen molar-refractivity contribution in [1.82, 2.24) is 5.32 Å². The van der Waals surface area contributed by atoms with Crippen molar-refractivity contribution in [3.63, 3.8) is 0 Å². The number of benzene rings is 1. The minimum Gasteiger partial charge on any atom is -0.306 e. The van der Waals surface area contributed by atoms with E-state index >= 15 is 0 Å². The van der Waals surface area contributed by atoms with Gasteiger partial charge in [0, 0.05) is 19.8 Å².